The van der Waals surface area contributed by atoms with Gasteiger partial charge in [0.2, 0.25) is 0 Å². The fraction of sp³-hybridized carbons (Fsp3) is 0.571. The molecule has 0 radical (unpaired) electrons. The Labute approximate surface area is 193 Å². The van der Waals surface area contributed by atoms with Gasteiger partial charge in [-0.3, -0.25) is 0 Å². The lowest BCUT2D eigenvalue weighted by atomic mass is 9.78. The third-order valence-corrected chi connectivity index (χ3v) is 5.96. The molecule has 1 heterocycles. The van der Waals surface area contributed by atoms with Gasteiger partial charge < -0.3 is 19.3 Å². The van der Waals surface area contributed by atoms with Crippen LogP contribution in [-0.2, 0) is 10.2 Å². The molecule has 2 unspecified atom stereocenters. The molecule has 3 rings (SSSR count). The zero-order valence-electron chi connectivity index (χ0n) is 20.8. The molecule has 1 aliphatic rings. The highest BCUT2D eigenvalue weighted by Crippen LogP contribution is 2.34. The van der Waals surface area contributed by atoms with Crippen LogP contribution in [0.2, 0.25) is 0 Å². The molecule has 2 atom stereocenters. The van der Waals surface area contributed by atoms with Crippen LogP contribution in [0.15, 0.2) is 48.5 Å². The minimum absolute atomic E-state index is 0.0820. The van der Waals surface area contributed by atoms with Crippen molar-refractivity contribution in [3.05, 3.63) is 59.7 Å². The number of ether oxygens (including phenoxy) is 3. The van der Waals surface area contributed by atoms with Gasteiger partial charge in [0.25, 0.3) is 0 Å². The van der Waals surface area contributed by atoms with Crippen molar-refractivity contribution >= 4 is 0 Å². The first-order chi connectivity index (χ1) is 14.8. The highest BCUT2D eigenvalue weighted by atomic mass is 16.6. The quantitative estimate of drug-likeness (QED) is 0.451. The van der Waals surface area contributed by atoms with Gasteiger partial charge in [-0.25, -0.2) is 0 Å². The van der Waals surface area contributed by atoms with Crippen LogP contribution < -0.4 is 9.47 Å². The molecule has 2 aromatic rings. The van der Waals surface area contributed by atoms with Crippen LogP contribution in [-0.4, -0.2) is 36.1 Å². The zero-order chi connectivity index (χ0) is 23.6. The molecule has 2 aromatic carbocycles. The average molecular weight is 441 g/mol. The molecule has 0 aliphatic carbocycles. The number of hydrogen-bond acceptors (Lipinski definition) is 4. The van der Waals surface area contributed by atoms with Crippen LogP contribution in [0.5, 0.6) is 11.5 Å². The summed E-state index contributed by atoms with van der Waals surface area (Å²) < 4.78 is 17.4. The summed E-state index contributed by atoms with van der Waals surface area (Å²) in [4.78, 5) is 0. The van der Waals surface area contributed by atoms with E-state index in [0.29, 0.717) is 19.1 Å². The second-order valence-electron chi connectivity index (χ2n) is 11.4. The second kappa shape index (κ2) is 9.44. The molecule has 1 N–H and O–H groups in total. The van der Waals surface area contributed by atoms with Gasteiger partial charge in [-0.05, 0) is 61.1 Å². The Bertz CT molecular complexity index is 856. The molecule has 0 amide bonds. The molecule has 32 heavy (non-hydrogen) atoms. The van der Waals surface area contributed by atoms with Crippen molar-refractivity contribution in [2.24, 2.45) is 5.41 Å². The van der Waals surface area contributed by atoms with Gasteiger partial charge in [-0.2, -0.15) is 0 Å². The predicted molar refractivity (Wildman–Crippen MR) is 130 cm³/mol. The van der Waals surface area contributed by atoms with Crippen molar-refractivity contribution in [2.75, 3.05) is 13.2 Å². The molecule has 176 valence electrons. The van der Waals surface area contributed by atoms with E-state index in [2.05, 4.69) is 84.9 Å². The van der Waals surface area contributed by atoms with Crippen molar-refractivity contribution < 1.29 is 19.3 Å². The number of rotatable bonds is 10. The van der Waals surface area contributed by atoms with Gasteiger partial charge in [-0.1, -0.05) is 58.9 Å². The van der Waals surface area contributed by atoms with Gasteiger partial charge in [0.05, 0.1) is 18.8 Å². The second-order valence-corrected chi connectivity index (χ2v) is 11.4. The number of hydrogen-bond donors (Lipinski definition) is 1. The molecule has 4 nitrogen and oxygen atoms in total. The summed E-state index contributed by atoms with van der Waals surface area (Å²) >= 11 is 0. The van der Waals surface area contributed by atoms with Crippen LogP contribution in [0.4, 0.5) is 0 Å². The number of epoxide rings is 1. The maximum Gasteiger partial charge on any atom is 0.120 e. The van der Waals surface area contributed by atoms with Crippen LogP contribution in [0.1, 0.15) is 72.4 Å². The third-order valence-electron chi connectivity index (χ3n) is 5.96. The lowest BCUT2D eigenvalue weighted by Crippen LogP contribution is -2.30. The summed E-state index contributed by atoms with van der Waals surface area (Å²) in [6, 6.07) is 16.6. The Morgan fingerprint density at radius 2 is 1.38 bits per heavy atom. The lowest BCUT2D eigenvalue weighted by molar-refractivity contribution is 0.0710. The summed E-state index contributed by atoms with van der Waals surface area (Å²) in [6.07, 6.45) is 1.50. The van der Waals surface area contributed by atoms with Crippen LogP contribution in [0, 0.1) is 5.41 Å². The molecule has 1 fully saturated rings. The largest absolute Gasteiger partial charge is 0.491 e. The van der Waals surface area contributed by atoms with Gasteiger partial charge in [0.1, 0.15) is 23.7 Å². The van der Waals surface area contributed by atoms with Crippen molar-refractivity contribution in [1.29, 1.82) is 0 Å². The van der Waals surface area contributed by atoms with Crippen LogP contribution in [0.25, 0.3) is 0 Å². The Morgan fingerprint density at radius 1 is 0.875 bits per heavy atom. The van der Waals surface area contributed by atoms with Gasteiger partial charge in [0.15, 0.2) is 0 Å². The highest BCUT2D eigenvalue weighted by Gasteiger charge is 2.33. The van der Waals surface area contributed by atoms with Crippen molar-refractivity contribution in [3.63, 3.8) is 0 Å². The molecule has 0 aromatic heterocycles. The summed E-state index contributed by atoms with van der Waals surface area (Å²) in [5.74, 6) is 1.66. The third kappa shape index (κ3) is 7.25. The van der Waals surface area contributed by atoms with Crippen molar-refractivity contribution in [1.82, 2.24) is 0 Å². The van der Waals surface area contributed by atoms with Crippen molar-refractivity contribution in [2.45, 2.75) is 84.5 Å². The smallest absolute Gasteiger partial charge is 0.120 e. The van der Waals surface area contributed by atoms with E-state index in [9.17, 15) is 5.11 Å². The Hall–Kier alpha value is -2.04. The summed E-state index contributed by atoms with van der Waals surface area (Å²) in [5.41, 5.74) is 2.12. The molecular formula is C28H40O4. The number of benzene rings is 2. The van der Waals surface area contributed by atoms with Gasteiger partial charge in [-0.15, -0.1) is 0 Å². The predicted octanol–water partition coefficient (Wildman–Crippen LogP) is 6.13. The fourth-order valence-corrected chi connectivity index (χ4v) is 4.13. The van der Waals surface area contributed by atoms with E-state index in [0.717, 1.165) is 24.5 Å². The molecule has 4 heteroatoms. The normalized spacial score (nSPS) is 17.7. The first-order valence-electron chi connectivity index (χ1n) is 11.7. The van der Waals surface area contributed by atoms with E-state index < -0.39 is 6.10 Å². The fourth-order valence-electron chi connectivity index (χ4n) is 4.13. The van der Waals surface area contributed by atoms with E-state index >= 15 is 0 Å². The van der Waals surface area contributed by atoms with E-state index in [1.807, 2.05) is 12.1 Å². The Balaban J connectivity index is 1.60. The zero-order valence-corrected chi connectivity index (χ0v) is 20.8. The van der Waals surface area contributed by atoms with E-state index in [4.69, 9.17) is 14.2 Å². The SMILES string of the molecule is CC(C)(C)CC(O)COc1ccc(C(C)(C)c2ccc(OC(C)(C)CC3CO3)cc2)cc1. The molecule has 1 aliphatic heterocycles. The van der Waals surface area contributed by atoms with E-state index in [1.165, 1.54) is 11.1 Å². The summed E-state index contributed by atoms with van der Waals surface area (Å²) in [6.45, 7) is 16.2. The molecular weight excluding hydrogens is 400 g/mol. The molecule has 0 spiro atoms. The van der Waals surface area contributed by atoms with Gasteiger partial charge >= 0.3 is 0 Å². The lowest BCUT2D eigenvalue weighted by Gasteiger charge is -2.28. The maximum absolute atomic E-state index is 10.2. The van der Waals surface area contributed by atoms with E-state index in [1.54, 1.807) is 0 Å². The maximum atomic E-state index is 10.2. The Kier molecular flexibility index (Phi) is 7.26. The average Bonchev–Trinajstić information content (AvgIpc) is 3.48. The van der Waals surface area contributed by atoms with Crippen molar-refractivity contribution in [3.8, 4) is 11.5 Å². The summed E-state index contributed by atoms with van der Waals surface area (Å²) in [5, 5.41) is 10.2. The van der Waals surface area contributed by atoms with Crippen LogP contribution in [0.3, 0.4) is 0 Å². The first-order valence-corrected chi connectivity index (χ1v) is 11.7. The van der Waals surface area contributed by atoms with Crippen LogP contribution >= 0.6 is 0 Å². The summed E-state index contributed by atoms with van der Waals surface area (Å²) in [7, 11) is 0. The topological polar surface area (TPSA) is 51.2 Å². The van der Waals surface area contributed by atoms with Gasteiger partial charge in [0, 0.05) is 11.8 Å². The minimum atomic E-state index is -0.464. The molecule has 0 bridgehead atoms. The Morgan fingerprint density at radius 3 is 1.84 bits per heavy atom. The standard InChI is InChI=1S/C28H40O4/c1-26(2,3)16-22(29)18-30-23-12-8-20(9-13-23)28(6,7)21-10-14-24(15-11-21)32-27(4,5)17-25-19-31-25/h8-15,22,25,29H,16-19H2,1-7H3. The number of aliphatic hydroxyl groups excluding tert-OH is 1. The first kappa shape index (κ1) is 24.6. The molecule has 0 saturated carbocycles. The number of aliphatic hydroxyl groups is 1. The molecule has 1 saturated heterocycles. The monoisotopic (exact) mass is 440 g/mol. The highest BCUT2D eigenvalue weighted by molar-refractivity contribution is 5.42. The van der Waals surface area contributed by atoms with E-state index in [-0.39, 0.29) is 16.4 Å². The minimum Gasteiger partial charge on any atom is -0.491 e.